The van der Waals surface area contributed by atoms with E-state index in [-0.39, 0.29) is 0 Å². The van der Waals surface area contributed by atoms with E-state index in [1.54, 1.807) is 26.5 Å². The molecule has 1 heterocycles. The average molecular weight is 253 g/mol. The monoisotopic (exact) mass is 253 g/mol. The minimum absolute atomic E-state index is 0.464. The molecule has 1 unspecified atom stereocenters. The van der Waals surface area contributed by atoms with Crippen LogP contribution in [0.25, 0.3) is 0 Å². The molecule has 0 aliphatic carbocycles. The molecule has 1 aromatic heterocycles. The van der Waals surface area contributed by atoms with Crippen molar-refractivity contribution >= 4 is 0 Å². The van der Waals surface area contributed by atoms with Crippen LogP contribution < -0.4 is 15.2 Å². The van der Waals surface area contributed by atoms with Crippen molar-refractivity contribution in [2.45, 2.75) is 13.5 Å². The van der Waals surface area contributed by atoms with Gasteiger partial charge in [-0.25, -0.2) is 0 Å². The Kier molecular flexibility index (Phi) is 5.88. The molecule has 0 fully saturated rings. The van der Waals surface area contributed by atoms with Crippen LogP contribution >= 0.6 is 0 Å². The van der Waals surface area contributed by atoms with Crippen molar-refractivity contribution in [1.82, 2.24) is 9.88 Å². The Balaban J connectivity index is 2.77. The van der Waals surface area contributed by atoms with Crippen molar-refractivity contribution in [3.05, 3.63) is 18.0 Å². The lowest BCUT2D eigenvalue weighted by Crippen LogP contribution is -2.28. The van der Waals surface area contributed by atoms with E-state index in [9.17, 15) is 0 Å². The molecule has 0 amide bonds. The number of methoxy groups -OCH3 is 2. The van der Waals surface area contributed by atoms with Gasteiger partial charge in [0.2, 0.25) is 0 Å². The fraction of sp³-hybridized carbons (Fsp3) is 0.615. The molecule has 5 heteroatoms. The second-order valence-corrected chi connectivity index (χ2v) is 4.53. The Morgan fingerprint density at radius 3 is 2.67 bits per heavy atom. The lowest BCUT2D eigenvalue weighted by molar-refractivity contribution is 0.270. The fourth-order valence-corrected chi connectivity index (χ4v) is 1.89. The third-order valence-electron chi connectivity index (χ3n) is 2.81. The molecule has 1 rings (SSSR count). The normalized spacial score (nSPS) is 12.6. The summed E-state index contributed by atoms with van der Waals surface area (Å²) in [5.41, 5.74) is 6.51. The Labute approximate surface area is 109 Å². The minimum Gasteiger partial charge on any atom is -0.493 e. The minimum atomic E-state index is 0.464. The van der Waals surface area contributed by atoms with Crippen LogP contribution in [0.4, 0.5) is 0 Å². The summed E-state index contributed by atoms with van der Waals surface area (Å²) in [5.74, 6) is 1.88. The SMILES string of the molecule is COc1ccnc(CN(C)CC(C)CN)c1OC. The molecule has 0 aromatic carbocycles. The summed E-state index contributed by atoms with van der Waals surface area (Å²) in [7, 11) is 5.31. The van der Waals surface area contributed by atoms with Crippen molar-refractivity contribution in [2.24, 2.45) is 11.7 Å². The Bertz CT molecular complexity index is 371. The average Bonchev–Trinajstić information content (AvgIpc) is 2.37. The second-order valence-electron chi connectivity index (χ2n) is 4.53. The molecule has 102 valence electrons. The van der Waals surface area contributed by atoms with Crippen LogP contribution in [0.15, 0.2) is 12.3 Å². The number of rotatable bonds is 7. The summed E-state index contributed by atoms with van der Waals surface area (Å²) in [4.78, 5) is 6.54. The standard InChI is InChI=1S/C13H23N3O2/c1-10(7-14)8-16(2)9-11-13(18-4)12(17-3)5-6-15-11/h5-6,10H,7-9,14H2,1-4H3. The van der Waals surface area contributed by atoms with Gasteiger partial charge in [0.05, 0.1) is 14.2 Å². The van der Waals surface area contributed by atoms with Gasteiger partial charge in [-0.15, -0.1) is 0 Å². The van der Waals surface area contributed by atoms with Crippen LogP contribution in [-0.4, -0.2) is 44.2 Å². The Morgan fingerprint density at radius 1 is 1.39 bits per heavy atom. The topological polar surface area (TPSA) is 60.6 Å². The maximum absolute atomic E-state index is 5.63. The molecule has 0 aliphatic heterocycles. The molecule has 0 spiro atoms. The number of hydrogen-bond donors (Lipinski definition) is 1. The van der Waals surface area contributed by atoms with Crippen molar-refractivity contribution < 1.29 is 9.47 Å². The molecule has 5 nitrogen and oxygen atoms in total. The van der Waals surface area contributed by atoms with Crippen LogP contribution in [0.1, 0.15) is 12.6 Å². The van der Waals surface area contributed by atoms with E-state index in [0.717, 1.165) is 12.2 Å². The first-order valence-electron chi connectivity index (χ1n) is 6.06. The maximum Gasteiger partial charge on any atom is 0.183 e. The Morgan fingerprint density at radius 2 is 2.11 bits per heavy atom. The predicted molar refractivity (Wildman–Crippen MR) is 71.9 cm³/mol. The molecule has 2 N–H and O–H groups in total. The molecule has 0 saturated heterocycles. The van der Waals surface area contributed by atoms with E-state index in [2.05, 4.69) is 16.8 Å². The van der Waals surface area contributed by atoms with Gasteiger partial charge in [0.1, 0.15) is 5.69 Å². The smallest absolute Gasteiger partial charge is 0.183 e. The zero-order valence-corrected chi connectivity index (χ0v) is 11.6. The molecule has 0 aliphatic rings. The van der Waals surface area contributed by atoms with E-state index in [1.165, 1.54) is 0 Å². The van der Waals surface area contributed by atoms with E-state index in [1.807, 2.05) is 7.05 Å². The van der Waals surface area contributed by atoms with Gasteiger partial charge in [-0.05, 0) is 19.5 Å². The predicted octanol–water partition coefficient (Wildman–Crippen LogP) is 1.13. The van der Waals surface area contributed by atoms with Crippen LogP contribution in [0, 0.1) is 5.92 Å². The second kappa shape index (κ2) is 7.18. The Hall–Kier alpha value is -1.33. The van der Waals surface area contributed by atoms with E-state index in [4.69, 9.17) is 15.2 Å². The highest BCUT2D eigenvalue weighted by atomic mass is 16.5. The third kappa shape index (κ3) is 3.85. The van der Waals surface area contributed by atoms with Crippen LogP contribution in [0.2, 0.25) is 0 Å². The molecule has 0 radical (unpaired) electrons. The van der Waals surface area contributed by atoms with Gasteiger partial charge in [-0.3, -0.25) is 4.98 Å². The summed E-state index contributed by atoms with van der Waals surface area (Å²) >= 11 is 0. The zero-order valence-electron chi connectivity index (χ0n) is 11.6. The lowest BCUT2D eigenvalue weighted by Gasteiger charge is -2.21. The van der Waals surface area contributed by atoms with Gasteiger partial charge < -0.3 is 20.1 Å². The number of ether oxygens (including phenoxy) is 2. The highest BCUT2D eigenvalue weighted by Crippen LogP contribution is 2.29. The molecule has 18 heavy (non-hydrogen) atoms. The highest BCUT2D eigenvalue weighted by molar-refractivity contribution is 5.42. The molecule has 1 aromatic rings. The first-order chi connectivity index (χ1) is 8.62. The highest BCUT2D eigenvalue weighted by Gasteiger charge is 2.13. The molecule has 0 bridgehead atoms. The summed E-state index contributed by atoms with van der Waals surface area (Å²) in [6.45, 7) is 4.46. The van der Waals surface area contributed by atoms with Crippen LogP contribution in [0.5, 0.6) is 11.5 Å². The van der Waals surface area contributed by atoms with E-state index in [0.29, 0.717) is 30.5 Å². The fourth-order valence-electron chi connectivity index (χ4n) is 1.89. The van der Waals surface area contributed by atoms with Gasteiger partial charge in [-0.1, -0.05) is 6.92 Å². The molecular formula is C13H23N3O2. The number of hydrogen-bond acceptors (Lipinski definition) is 5. The van der Waals surface area contributed by atoms with Crippen molar-refractivity contribution in [3.63, 3.8) is 0 Å². The largest absolute Gasteiger partial charge is 0.493 e. The summed E-state index contributed by atoms with van der Waals surface area (Å²) in [5, 5.41) is 0. The summed E-state index contributed by atoms with van der Waals surface area (Å²) < 4.78 is 10.6. The number of nitrogens with zero attached hydrogens (tertiary/aromatic N) is 2. The number of aromatic nitrogens is 1. The van der Waals surface area contributed by atoms with Crippen LogP contribution in [0.3, 0.4) is 0 Å². The van der Waals surface area contributed by atoms with Crippen molar-refractivity contribution in [1.29, 1.82) is 0 Å². The van der Waals surface area contributed by atoms with E-state index < -0.39 is 0 Å². The molecule has 0 saturated carbocycles. The zero-order chi connectivity index (χ0) is 13.5. The first kappa shape index (κ1) is 14.7. The number of pyridine rings is 1. The van der Waals surface area contributed by atoms with E-state index >= 15 is 0 Å². The lowest BCUT2D eigenvalue weighted by atomic mass is 10.1. The van der Waals surface area contributed by atoms with Gasteiger partial charge in [-0.2, -0.15) is 0 Å². The summed E-state index contributed by atoms with van der Waals surface area (Å²) in [6, 6.07) is 1.80. The van der Waals surface area contributed by atoms with Gasteiger partial charge in [0.25, 0.3) is 0 Å². The third-order valence-corrected chi connectivity index (χ3v) is 2.81. The first-order valence-corrected chi connectivity index (χ1v) is 6.06. The molecule has 1 atom stereocenters. The van der Waals surface area contributed by atoms with Gasteiger partial charge >= 0.3 is 0 Å². The van der Waals surface area contributed by atoms with Crippen molar-refractivity contribution in [2.75, 3.05) is 34.4 Å². The van der Waals surface area contributed by atoms with Crippen LogP contribution in [-0.2, 0) is 6.54 Å². The molecular weight excluding hydrogens is 230 g/mol. The van der Waals surface area contributed by atoms with Gasteiger partial charge in [0, 0.05) is 25.4 Å². The number of nitrogens with two attached hydrogens (primary N) is 1. The maximum atomic E-state index is 5.63. The summed E-state index contributed by atoms with van der Waals surface area (Å²) in [6.07, 6.45) is 1.73. The van der Waals surface area contributed by atoms with Gasteiger partial charge in [0.15, 0.2) is 11.5 Å². The van der Waals surface area contributed by atoms with Crippen molar-refractivity contribution in [3.8, 4) is 11.5 Å². The quantitative estimate of drug-likeness (QED) is 0.789.